The van der Waals surface area contributed by atoms with Crippen molar-refractivity contribution in [3.63, 3.8) is 0 Å². The summed E-state index contributed by atoms with van der Waals surface area (Å²) in [4.78, 5) is 14.1. The maximum atomic E-state index is 12.6. The minimum atomic E-state index is -3.61. The standard InChI is InChI=1S/C15H21N3O3S/c1-10-8-18(2)9-14(10)17-22(20,21)12-4-3-11-5-6-16-15(19)13(11)7-12/h3-4,7,10,14,17H,5-6,8-9H2,1-2H3,(H,16,19). The van der Waals surface area contributed by atoms with E-state index in [-0.39, 0.29) is 22.8 Å². The minimum Gasteiger partial charge on any atom is -0.352 e. The number of nitrogens with zero attached hydrogens (tertiary/aromatic N) is 1. The van der Waals surface area contributed by atoms with Gasteiger partial charge in [-0.25, -0.2) is 13.1 Å². The van der Waals surface area contributed by atoms with E-state index in [1.165, 1.54) is 6.07 Å². The van der Waals surface area contributed by atoms with Crippen LogP contribution in [0.4, 0.5) is 0 Å². The second-order valence-electron chi connectivity index (χ2n) is 6.25. The molecule has 1 amide bonds. The zero-order valence-corrected chi connectivity index (χ0v) is 13.6. The number of rotatable bonds is 3. The van der Waals surface area contributed by atoms with E-state index in [4.69, 9.17) is 0 Å². The number of fused-ring (bicyclic) bond motifs is 1. The van der Waals surface area contributed by atoms with Gasteiger partial charge in [0.2, 0.25) is 10.0 Å². The van der Waals surface area contributed by atoms with E-state index in [0.717, 1.165) is 18.5 Å². The summed E-state index contributed by atoms with van der Waals surface area (Å²) in [5.74, 6) is 0.0629. The number of sulfonamides is 1. The van der Waals surface area contributed by atoms with Crippen molar-refractivity contribution >= 4 is 15.9 Å². The van der Waals surface area contributed by atoms with Crippen molar-refractivity contribution in [2.45, 2.75) is 24.3 Å². The normalized spacial score (nSPS) is 25.8. The molecule has 2 heterocycles. The minimum absolute atomic E-state index is 0.0974. The number of likely N-dealkylation sites (N-methyl/N-ethyl adjacent to an activating group) is 1. The molecule has 0 aromatic heterocycles. The molecule has 1 saturated heterocycles. The predicted octanol–water partition coefficient (Wildman–Crippen LogP) is 0.201. The van der Waals surface area contributed by atoms with Crippen LogP contribution in [0.5, 0.6) is 0 Å². The fraction of sp³-hybridized carbons (Fsp3) is 0.533. The van der Waals surface area contributed by atoms with Crippen LogP contribution in [0.1, 0.15) is 22.8 Å². The van der Waals surface area contributed by atoms with Gasteiger partial charge in [-0.05, 0) is 37.1 Å². The first-order valence-electron chi connectivity index (χ1n) is 7.49. The van der Waals surface area contributed by atoms with Gasteiger partial charge in [-0.2, -0.15) is 0 Å². The van der Waals surface area contributed by atoms with Gasteiger partial charge in [-0.15, -0.1) is 0 Å². The largest absolute Gasteiger partial charge is 0.352 e. The highest BCUT2D eigenvalue weighted by Gasteiger charge is 2.31. The van der Waals surface area contributed by atoms with Gasteiger partial charge in [0, 0.05) is 31.2 Å². The van der Waals surface area contributed by atoms with E-state index in [9.17, 15) is 13.2 Å². The van der Waals surface area contributed by atoms with Crippen molar-refractivity contribution < 1.29 is 13.2 Å². The summed E-state index contributed by atoms with van der Waals surface area (Å²) in [6, 6.07) is 4.71. The molecule has 0 bridgehead atoms. The predicted molar refractivity (Wildman–Crippen MR) is 83.2 cm³/mol. The molecule has 1 fully saturated rings. The SMILES string of the molecule is CC1CN(C)CC1NS(=O)(=O)c1ccc2c(c1)C(=O)NCC2. The van der Waals surface area contributed by atoms with Crippen LogP contribution in [-0.2, 0) is 16.4 Å². The highest BCUT2D eigenvalue weighted by atomic mass is 32.2. The first kappa shape index (κ1) is 15.5. The van der Waals surface area contributed by atoms with Gasteiger partial charge in [0.15, 0.2) is 0 Å². The number of nitrogens with one attached hydrogen (secondary N) is 2. The number of likely N-dealkylation sites (tertiary alicyclic amines) is 1. The van der Waals surface area contributed by atoms with Gasteiger partial charge >= 0.3 is 0 Å². The molecule has 0 radical (unpaired) electrons. The quantitative estimate of drug-likeness (QED) is 0.833. The van der Waals surface area contributed by atoms with Gasteiger partial charge in [-0.3, -0.25) is 4.79 Å². The molecule has 3 rings (SSSR count). The number of carbonyl (C=O) groups excluding carboxylic acids is 1. The van der Waals surface area contributed by atoms with Crippen molar-refractivity contribution in [1.82, 2.24) is 14.9 Å². The van der Waals surface area contributed by atoms with Crippen molar-refractivity contribution in [2.75, 3.05) is 26.7 Å². The lowest BCUT2D eigenvalue weighted by molar-refractivity contribution is 0.0945. The van der Waals surface area contributed by atoms with E-state index in [1.807, 2.05) is 14.0 Å². The monoisotopic (exact) mass is 323 g/mol. The summed E-state index contributed by atoms with van der Waals surface area (Å²) in [7, 11) is -1.63. The molecular formula is C15H21N3O3S. The number of amides is 1. The fourth-order valence-corrected chi connectivity index (χ4v) is 4.55. The molecule has 2 aliphatic heterocycles. The summed E-state index contributed by atoms with van der Waals surface area (Å²) >= 11 is 0. The average molecular weight is 323 g/mol. The maximum Gasteiger partial charge on any atom is 0.251 e. The smallest absolute Gasteiger partial charge is 0.251 e. The number of carbonyl (C=O) groups is 1. The maximum absolute atomic E-state index is 12.6. The third-order valence-corrected chi connectivity index (χ3v) is 5.91. The van der Waals surface area contributed by atoms with Crippen molar-refractivity contribution in [3.8, 4) is 0 Å². The third-order valence-electron chi connectivity index (χ3n) is 4.42. The van der Waals surface area contributed by atoms with Crippen LogP contribution in [0, 0.1) is 5.92 Å². The highest BCUT2D eigenvalue weighted by molar-refractivity contribution is 7.89. The van der Waals surface area contributed by atoms with Gasteiger partial charge in [0.1, 0.15) is 0 Å². The molecule has 2 atom stereocenters. The van der Waals surface area contributed by atoms with Gasteiger partial charge in [0.25, 0.3) is 5.91 Å². The van der Waals surface area contributed by atoms with Crippen LogP contribution < -0.4 is 10.0 Å². The van der Waals surface area contributed by atoms with Crippen LogP contribution in [0.15, 0.2) is 23.1 Å². The molecule has 0 aliphatic carbocycles. The Morgan fingerprint density at radius 3 is 2.77 bits per heavy atom. The highest BCUT2D eigenvalue weighted by Crippen LogP contribution is 2.21. The molecule has 1 aromatic carbocycles. The molecule has 2 N–H and O–H groups in total. The van der Waals surface area contributed by atoms with Crippen molar-refractivity contribution in [2.24, 2.45) is 5.92 Å². The Balaban J connectivity index is 1.86. The molecule has 22 heavy (non-hydrogen) atoms. The summed E-state index contributed by atoms with van der Waals surface area (Å²) in [5, 5.41) is 2.74. The van der Waals surface area contributed by atoms with E-state index in [0.29, 0.717) is 18.7 Å². The van der Waals surface area contributed by atoms with Crippen LogP contribution in [-0.4, -0.2) is 51.9 Å². The summed E-state index contributed by atoms with van der Waals surface area (Å²) in [6.45, 7) is 4.21. The molecule has 2 unspecified atom stereocenters. The van der Waals surface area contributed by atoms with E-state index in [2.05, 4.69) is 14.9 Å². The number of hydrogen-bond acceptors (Lipinski definition) is 4. The molecule has 2 aliphatic rings. The Labute approximate surface area is 130 Å². The molecule has 1 aromatic rings. The zero-order valence-electron chi connectivity index (χ0n) is 12.8. The summed E-state index contributed by atoms with van der Waals surface area (Å²) < 4.78 is 27.9. The molecule has 120 valence electrons. The Bertz CT molecular complexity index is 702. The van der Waals surface area contributed by atoms with Crippen molar-refractivity contribution in [1.29, 1.82) is 0 Å². The van der Waals surface area contributed by atoms with Gasteiger partial charge in [-0.1, -0.05) is 13.0 Å². The average Bonchev–Trinajstić information content (AvgIpc) is 2.76. The Hall–Kier alpha value is -1.44. The lowest BCUT2D eigenvalue weighted by atomic mass is 10.0. The van der Waals surface area contributed by atoms with Crippen molar-refractivity contribution in [3.05, 3.63) is 29.3 Å². The van der Waals surface area contributed by atoms with E-state index in [1.54, 1.807) is 12.1 Å². The van der Waals surface area contributed by atoms with Crippen LogP contribution in [0.25, 0.3) is 0 Å². The second-order valence-corrected chi connectivity index (χ2v) is 7.97. The summed E-state index contributed by atoms with van der Waals surface area (Å²) in [6.07, 6.45) is 0.735. The number of benzene rings is 1. The number of hydrogen-bond donors (Lipinski definition) is 2. The lowest BCUT2D eigenvalue weighted by Gasteiger charge is -2.19. The Morgan fingerprint density at radius 2 is 2.09 bits per heavy atom. The third kappa shape index (κ3) is 2.88. The second kappa shape index (κ2) is 5.64. The van der Waals surface area contributed by atoms with Crippen LogP contribution in [0.3, 0.4) is 0 Å². The summed E-state index contributed by atoms with van der Waals surface area (Å²) in [5.41, 5.74) is 1.36. The lowest BCUT2D eigenvalue weighted by Crippen LogP contribution is -2.39. The molecular weight excluding hydrogens is 302 g/mol. The fourth-order valence-electron chi connectivity index (χ4n) is 3.19. The first-order chi connectivity index (χ1) is 10.4. The molecule has 0 saturated carbocycles. The van der Waals surface area contributed by atoms with E-state index >= 15 is 0 Å². The van der Waals surface area contributed by atoms with Crippen LogP contribution >= 0.6 is 0 Å². The first-order valence-corrected chi connectivity index (χ1v) is 8.97. The molecule has 7 heteroatoms. The molecule has 6 nitrogen and oxygen atoms in total. The molecule has 0 spiro atoms. The Kier molecular flexibility index (Phi) is 3.96. The zero-order chi connectivity index (χ0) is 15.9. The van der Waals surface area contributed by atoms with E-state index < -0.39 is 10.0 Å². The van der Waals surface area contributed by atoms with Gasteiger partial charge in [0.05, 0.1) is 4.90 Å². The Morgan fingerprint density at radius 1 is 1.32 bits per heavy atom. The van der Waals surface area contributed by atoms with Gasteiger partial charge < -0.3 is 10.2 Å². The van der Waals surface area contributed by atoms with Crippen LogP contribution in [0.2, 0.25) is 0 Å². The topological polar surface area (TPSA) is 78.5 Å².